The first kappa shape index (κ1) is 24.5. The van der Waals surface area contributed by atoms with Gasteiger partial charge in [0.2, 0.25) is 5.78 Å². The van der Waals surface area contributed by atoms with E-state index in [2.05, 4.69) is 5.10 Å². The summed E-state index contributed by atoms with van der Waals surface area (Å²) in [4.78, 5) is 34.9. The molecule has 2 aromatic carbocycles. The lowest BCUT2D eigenvalue weighted by Crippen LogP contribution is -2.16. The van der Waals surface area contributed by atoms with Crippen LogP contribution in [-0.2, 0) is 22.4 Å². The maximum absolute atomic E-state index is 12.4. The summed E-state index contributed by atoms with van der Waals surface area (Å²) in [5, 5.41) is 13.7. The lowest BCUT2D eigenvalue weighted by molar-refractivity contribution is -0.139. The zero-order valence-electron chi connectivity index (χ0n) is 19.9. The largest absolute Gasteiger partial charge is 0.479 e. The zero-order chi connectivity index (χ0) is 25.8. The molecule has 0 radical (unpaired) electrons. The van der Waals surface area contributed by atoms with Crippen LogP contribution in [0.25, 0.3) is 5.52 Å². The van der Waals surface area contributed by atoms with Crippen LogP contribution in [0, 0.1) is 6.92 Å². The number of rotatable bonds is 10. The number of Topliss-reactive ketones (excluding diaryl/α,β-unsaturated/α-hetero) is 1. The number of anilines is 1. The van der Waals surface area contributed by atoms with E-state index >= 15 is 0 Å². The van der Waals surface area contributed by atoms with Crippen molar-refractivity contribution >= 4 is 29.2 Å². The first-order valence-electron chi connectivity index (χ1n) is 11.3. The number of para-hydroxylation sites is 1. The number of nitrogens with zero attached hydrogens (tertiary/aromatic N) is 2. The molecule has 0 aliphatic rings. The second-order valence-corrected chi connectivity index (χ2v) is 8.15. The van der Waals surface area contributed by atoms with Gasteiger partial charge in [0.05, 0.1) is 22.6 Å². The number of carbonyl (C=O) groups is 3. The summed E-state index contributed by atoms with van der Waals surface area (Å²) in [5.74, 6) is -0.788. The van der Waals surface area contributed by atoms with E-state index in [0.29, 0.717) is 30.0 Å². The Morgan fingerprint density at radius 3 is 2.50 bits per heavy atom. The fourth-order valence-electron chi connectivity index (χ4n) is 4.22. The van der Waals surface area contributed by atoms with Crippen molar-refractivity contribution in [2.75, 3.05) is 12.3 Å². The van der Waals surface area contributed by atoms with Crippen molar-refractivity contribution in [1.29, 1.82) is 0 Å². The van der Waals surface area contributed by atoms with Crippen LogP contribution in [0.1, 0.15) is 39.8 Å². The molecule has 0 atom stereocenters. The molecule has 4 rings (SSSR count). The van der Waals surface area contributed by atoms with Gasteiger partial charge >= 0.3 is 5.97 Å². The molecule has 3 N–H and O–H groups in total. The van der Waals surface area contributed by atoms with Crippen LogP contribution in [0.5, 0.6) is 17.2 Å². The van der Waals surface area contributed by atoms with Crippen molar-refractivity contribution in [3.05, 3.63) is 82.7 Å². The third kappa shape index (κ3) is 4.76. The number of hydrogen-bond donors (Lipinski definition) is 2. The summed E-state index contributed by atoms with van der Waals surface area (Å²) >= 11 is 0. The molecule has 0 amide bonds. The number of nitrogen functional groups attached to an aromatic ring is 1. The topological polar surface area (TPSA) is 133 Å². The number of carboxylic acid groups (broad SMARTS) is 1. The van der Waals surface area contributed by atoms with E-state index in [1.54, 1.807) is 11.4 Å². The summed E-state index contributed by atoms with van der Waals surface area (Å²) in [6.07, 6.45) is 1.13. The van der Waals surface area contributed by atoms with Gasteiger partial charge in [0.15, 0.2) is 18.6 Å². The number of ether oxygens (including phenoxy) is 2. The average Bonchev–Trinajstić information content (AvgIpc) is 3.12. The molecule has 0 aliphatic carbocycles. The van der Waals surface area contributed by atoms with Crippen LogP contribution >= 0.6 is 0 Å². The number of aryl methyl sites for hydroxylation is 1. The lowest BCUT2D eigenvalue weighted by Gasteiger charge is -2.14. The molecular weight excluding hydrogens is 462 g/mol. The highest BCUT2D eigenvalue weighted by atomic mass is 16.5. The van der Waals surface area contributed by atoms with Gasteiger partial charge in [0.1, 0.15) is 17.0 Å². The first-order chi connectivity index (χ1) is 17.3. The third-order valence-electron chi connectivity index (χ3n) is 5.75. The summed E-state index contributed by atoms with van der Waals surface area (Å²) in [6, 6.07) is 17.0. The normalized spacial score (nSPS) is 10.8. The number of aliphatic carboxylic acids is 1. The standard InChI is InChI=1S/C27H25N3O6/c1-3-20-21(13-17-8-7-11-19(12-17)36-18-9-5-4-6-10-18)30-26(25(20)28)27(35-15-23(33)34)24(16(2)29-30)22(32)14-31/h4-12,14H,3,13,15,28H2,1-2H3,(H,33,34). The quantitative estimate of drug-likeness (QED) is 0.195. The van der Waals surface area contributed by atoms with Crippen LogP contribution in [0.15, 0.2) is 54.6 Å². The van der Waals surface area contributed by atoms with Gasteiger partial charge in [-0.3, -0.25) is 9.59 Å². The Morgan fingerprint density at radius 1 is 1.11 bits per heavy atom. The monoisotopic (exact) mass is 487 g/mol. The fourth-order valence-corrected chi connectivity index (χ4v) is 4.22. The molecule has 0 fully saturated rings. The number of ketones is 1. The number of fused-ring (bicyclic) bond motifs is 1. The van der Waals surface area contributed by atoms with E-state index in [1.807, 2.05) is 61.5 Å². The van der Waals surface area contributed by atoms with Gasteiger partial charge in [-0.25, -0.2) is 9.31 Å². The zero-order valence-corrected chi connectivity index (χ0v) is 19.9. The SMILES string of the molecule is CCc1c(N)c2c(OCC(=O)O)c(C(=O)C=O)c(C)nn2c1Cc1cccc(Oc2ccccc2)c1. The van der Waals surface area contributed by atoms with Gasteiger partial charge in [-0.15, -0.1) is 0 Å². The van der Waals surface area contributed by atoms with Crippen molar-refractivity contribution < 1.29 is 29.0 Å². The number of nitrogens with two attached hydrogens (primary N) is 1. The van der Waals surface area contributed by atoms with Crippen LogP contribution in [0.3, 0.4) is 0 Å². The van der Waals surface area contributed by atoms with Gasteiger partial charge in [-0.05, 0) is 48.7 Å². The molecule has 36 heavy (non-hydrogen) atoms. The van der Waals surface area contributed by atoms with E-state index in [0.717, 1.165) is 16.8 Å². The molecule has 9 heteroatoms. The highest BCUT2D eigenvalue weighted by Crippen LogP contribution is 2.37. The molecule has 2 heterocycles. The number of aromatic nitrogens is 2. The van der Waals surface area contributed by atoms with Gasteiger partial charge in [0, 0.05) is 6.42 Å². The maximum atomic E-state index is 12.4. The van der Waals surface area contributed by atoms with E-state index in [4.69, 9.17) is 20.3 Å². The van der Waals surface area contributed by atoms with Gasteiger partial charge in [0.25, 0.3) is 0 Å². The summed E-state index contributed by atoms with van der Waals surface area (Å²) in [7, 11) is 0. The van der Waals surface area contributed by atoms with Crippen molar-refractivity contribution in [3.63, 3.8) is 0 Å². The third-order valence-corrected chi connectivity index (χ3v) is 5.75. The molecule has 4 aromatic rings. The van der Waals surface area contributed by atoms with Crippen LogP contribution in [0.2, 0.25) is 0 Å². The maximum Gasteiger partial charge on any atom is 0.341 e. The van der Waals surface area contributed by atoms with Crippen molar-refractivity contribution in [3.8, 4) is 17.2 Å². The van der Waals surface area contributed by atoms with Gasteiger partial charge < -0.3 is 20.3 Å². The van der Waals surface area contributed by atoms with Crippen LogP contribution < -0.4 is 15.2 Å². The number of benzene rings is 2. The molecule has 0 bridgehead atoms. The molecule has 0 spiro atoms. The second kappa shape index (κ2) is 10.3. The molecule has 9 nitrogen and oxygen atoms in total. The Balaban J connectivity index is 1.83. The Bertz CT molecular complexity index is 1460. The Labute approximate surface area is 207 Å². The Morgan fingerprint density at radius 2 is 1.83 bits per heavy atom. The number of aldehydes is 1. The Kier molecular flexibility index (Phi) is 7.00. The Hall–Kier alpha value is -4.66. The molecule has 2 aromatic heterocycles. The minimum atomic E-state index is -1.23. The average molecular weight is 488 g/mol. The lowest BCUT2D eigenvalue weighted by atomic mass is 10.0. The summed E-state index contributed by atoms with van der Waals surface area (Å²) in [5.41, 5.74) is 9.66. The van der Waals surface area contributed by atoms with Crippen molar-refractivity contribution in [2.24, 2.45) is 0 Å². The number of hydrogen-bond acceptors (Lipinski definition) is 7. The molecule has 0 saturated carbocycles. The molecule has 184 valence electrons. The van der Waals surface area contributed by atoms with Crippen LogP contribution in [0.4, 0.5) is 5.69 Å². The molecule has 0 saturated heterocycles. The minimum Gasteiger partial charge on any atom is -0.479 e. The summed E-state index contributed by atoms with van der Waals surface area (Å²) in [6.45, 7) is 2.79. The summed E-state index contributed by atoms with van der Waals surface area (Å²) < 4.78 is 13.0. The van der Waals surface area contributed by atoms with Gasteiger partial charge in [-0.1, -0.05) is 37.3 Å². The van der Waals surface area contributed by atoms with E-state index < -0.39 is 18.4 Å². The predicted molar refractivity (Wildman–Crippen MR) is 133 cm³/mol. The molecule has 0 aliphatic heterocycles. The van der Waals surface area contributed by atoms with Crippen molar-refractivity contribution in [1.82, 2.24) is 9.61 Å². The van der Waals surface area contributed by atoms with E-state index in [1.165, 1.54) is 0 Å². The molecular formula is C27H25N3O6. The highest BCUT2D eigenvalue weighted by molar-refractivity contribution is 6.35. The highest BCUT2D eigenvalue weighted by Gasteiger charge is 2.27. The second-order valence-electron chi connectivity index (χ2n) is 8.15. The minimum absolute atomic E-state index is 0.0680. The molecule has 0 unspecified atom stereocenters. The van der Waals surface area contributed by atoms with Gasteiger partial charge in [-0.2, -0.15) is 5.10 Å². The number of carbonyl (C=O) groups excluding carboxylic acids is 2. The predicted octanol–water partition coefficient (Wildman–Crippen LogP) is 4.02. The fraction of sp³-hybridized carbons (Fsp3) is 0.185. The van der Waals surface area contributed by atoms with E-state index in [-0.39, 0.29) is 28.8 Å². The van der Waals surface area contributed by atoms with E-state index in [9.17, 15) is 14.4 Å². The smallest absolute Gasteiger partial charge is 0.341 e. The first-order valence-corrected chi connectivity index (χ1v) is 11.3. The number of carboxylic acids is 1. The van der Waals surface area contributed by atoms with Crippen LogP contribution in [-0.4, -0.2) is 39.4 Å². The van der Waals surface area contributed by atoms with Crippen molar-refractivity contribution in [2.45, 2.75) is 26.7 Å².